The largest absolute Gasteiger partial charge is 0.334 e. The zero-order valence-electron chi connectivity index (χ0n) is 21.1. The molecule has 0 radical (unpaired) electrons. The number of nitrogens with zero attached hydrogens (tertiary/aromatic N) is 4. The fourth-order valence-electron chi connectivity index (χ4n) is 4.99. The second kappa shape index (κ2) is 9.97. The van der Waals surface area contributed by atoms with Crippen LogP contribution in [0.4, 0.5) is 5.69 Å². The summed E-state index contributed by atoms with van der Waals surface area (Å²) in [4.78, 5) is 35.3. The molecular formula is C30H32N4O2. The van der Waals surface area contributed by atoms with Crippen molar-refractivity contribution >= 4 is 28.5 Å². The van der Waals surface area contributed by atoms with Crippen molar-refractivity contribution < 1.29 is 9.59 Å². The second-order valence-corrected chi connectivity index (χ2v) is 9.89. The van der Waals surface area contributed by atoms with E-state index >= 15 is 0 Å². The smallest absolute Gasteiger partial charge is 0.243 e. The van der Waals surface area contributed by atoms with E-state index in [0.717, 1.165) is 33.7 Å². The van der Waals surface area contributed by atoms with Gasteiger partial charge in [-0.05, 0) is 50.6 Å². The van der Waals surface area contributed by atoms with Gasteiger partial charge in [0.1, 0.15) is 12.4 Å². The van der Waals surface area contributed by atoms with Crippen molar-refractivity contribution in [3.63, 3.8) is 0 Å². The number of carbonyl (C=O) groups excluding carboxylic acids is 2. The lowest BCUT2D eigenvalue weighted by molar-refractivity contribution is -0.134. The molecule has 2 amide bonds. The van der Waals surface area contributed by atoms with E-state index in [4.69, 9.17) is 4.98 Å². The molecule has 6 nitrogen and oxygen atoms in total. The number of rotatable bonds is 7. The molecule has 6 heteroatoms. The Morgan fingerprint density at radius 3 is 2.42 bits per heavy atom. The minimum Gasteiger partial charge on any atom is -0.334 e. The fraction of sp³-hybridized carbons (Fsp3) is 0.300. The molecule has 1 aromatic heterocycles. The number of carbonyl (C=O) groups is 2. The Bertz CT molecular complexity index is 1380. The Kier molecular flexibility index (Phi) is 6.59. The summed E-state index contributed by atoms with van der Waals surface area (Å²) in [5, 5.41) is 0. The van der Waals surface area contributed by atoms with Crippen LogP contribution in [0, 0.1) is 6.92 Å². The van der Waals surface area contributed by atoms with Crippen molar-refractivity contribution in [1.82, 2.24) is 14.5 Å². The zero-order valence-corrected chi connectivity index (χ0v) is 21.1. The number of aromatic nitrogens is 2. The van der Waals surface area contributed by atoms with Crippen molar-refractivity contribution in [3.05, 3.63) is 95.8 Å². The summed E-state index contributed by atoms with van der Waals surface area (Å²) in [6.45, 7) is 7.43. The molecule has 4 aromatic rings. The van der Waals surface area contributed by atoms with E-state index in [2.05, 4.69) is 0 Å². The number of aryl methyl sites for hydroxylation is 1. The Morgan fingerprint density at radius 2 is 1.69 bits per heavy atom. The van der Waals surface area contributed by atoms with Gasteiger partial charge in [0.2, 0.25) is 11.8 Å². The number of hydrogen-bond acceptors (Lipinski definition) is 3. The third-order valence-electron chi connectivity index (χ3n) is 6.95. The number of benzene rings is 3. The van der Waals surface area contributed by atoms with Crippen LogP contribution < -0.4 is 4.90 Å². The van der Waals surface area contributed by atoms with E-state index in [9.17, 15) is 9.59 Å². The van der Waals surface area contributed by atoms with E-state index in [-0.39, 0.29) is 30.3 Å². The van der Waals surface area contributed by atoms with Gasteiger partial charge in [-0.3, -0.25) is 9.59 Å². The molecular weight excluding hydrogens is 448 g/mol. The SMILES string of the molecule is Cc1ccc(N2CC(c3nc4ccccc4n3CC(=O)N(Cc3ccccc3)C(C)C)CC2=O)cc1. The van der Waals surface area contributed by atoms with Gasteiger partial charge in [0.15, 0.2) is 0 Å². The van der Waals surface area contributed by atoms with Crippen LogP contribution in [0.3, 0.4) is 0 Å². The van der Waals surface area contributed by atoms with Gasteiger partial charge < -0.3 is 14.4 Å². The summed E-state index contributed by atoms with van der Waals surface area (Å²) in [5.41, 5.74) is 4.93. The Hall–Kier alpha value is -3.93. The third kappa shape index (κ3) is 4.76. The molecule has 0 spiro atoms. The first-order valence-corrected chi connectivity index (χ1v) is 12.6. The highest BCUT2D eigenvalue weighted by atomic mass is 16.2. The van der Waals surface area contributed by atoms with Gasteiger partial charge in [-0.1, -0.05) is 60.2 Å². The maximum Gasteiger partial charge on any atom is 0.243 e. The molecule has 1 saturated heterocycles. The number of fused-ring (bicyclic) bond motifs is 1. The predicted octanol–water partition coefficient (Wildman–Crippen LogP) is 5.30. The first kappa shape index (κ1) is 23.8. The lowest BCUT2D eigenvalue weighted by Crippen LogP contribution is -2.39. The topological polar surface area (TPSA) is 58.4 Å². The number of para-hydroxylation sites is 2. The van der Waals surface area contributed by atoms with Crippen molar-refractivity contribution in [2.24, 2.45) is 0 Å². The summed E-state index contributed by atoms with van der Waals surface area (Å²) in [5.74, 6) is 0.844. The minimum absolute atomic E-state index is 0.0398. The van der Waals surface area contributed by atoms with Gasteiger partial charge in [-0.15, -0.1) is 0 Å². The highest BCUT2D eigenvalue weighted by molar-refractivity contribution is 5.96. The van der Waals surface area contributed by atoms with Gasteiger partial charge >= 0.3 is 0 Å². The summed E-state index contributed by atoms with van der Waals surface area (Å²) >= 11 is 0. The van der Waals surface area contributed by atoms with Gasteiger partial charge in [-0.2, -0.15) is 0 Å². The highest BCUT2D eigenvalue weighted by Crippen LogP contribution is 2.33. The maximum absolute atomic E-state index is 13.6. The first-order valence-electron chi connectivity index (χ1n) is 12.6. The predicted molar refractivity (Wildman–Crippen MR) is 143 cm³/mol. The van der Waals surface area contributed by atoms with Crippen LogP contribution in [0.15, 0.2) is 78.9 Å². The van der Waals surface area contributed by atoms with Gasteiger partial charge in [0.05, 0.1) is 11.0 Å². The molecule has 1 aliphatic rings. The molecule has 1 fully saturated rings. The van der Waals surface area contributed by atoms with Crippen molar-refractivity contribution in [2.75, 3.05) is 11.4 Å². The minimum atomic E-state index is -0.0828. The molecule has 0 saturated carbocycles. The third-order valence-corrected chi connectivity index (χ3v) is 6.95. The fourth-order valence-corrected chi connectivity index (χ4v) is 4.99. The van der Waals surface area contributed by atoms with Crippen LogP contribution in [0.5, 0.6) is 0 Å². The molecule has 1 atom stereocenters. The lowest BCUT2D eigenvalue weighted by atomic mass is 10.1. The van der Waals surface area contributed by atoms with Crippen LogP contribution in [-0.2, 0) is 22.7 Å². The van der Waals surface area contributed by atoms with Gasteiger partial charge in [0.25, 0.3) is 0 Å². The number of amides is 2. The van der Waals surface area contributed by atoms with Crippen LogP contribution in [0.25, 0.3) is 11.0 Å². The summed E-state index contributed by atoms with van der Waals surface area (Å²) in [6, 6.07) is 26.1. The van der Waals surface area contributed by atoms with E-state index < -0.39 is 0 Å². The van der Waals surface area contributed by atoms with Gasteiger partial charge in [-0.25, -0.2) is 4.98 Å². The second-order valence-electron chi connectivity index (χ2n) is 9.89. The lowest BCUT2D eigenvalue weighted by Gasteiger charge is -2.28. The average Bonchev–Trinajstić information content (AvgIpc) is 3.44. The molecule has 5 rings (SSSR count). The van der Waals surface area contributed by atoms with Crippen LogP contribution in [0.1, 0.15) is 43.1 Å². The van der Waals surface area contributed by atoms with Crippen LogP contribution in [0.2, 0.25) is 0 Å². The number of hydrogen-bond donors (Lipinski definition) is 0. The van der Waals surface area contributed by atoms with E-state index in [1.807, 2.05) is 114 Å². The van der Waals surface area contributed by atoms with Gasteiger partial charge in [0, 0.05) is 37.2 Å². The monoisotopic (exact) mass is 480 g/mol. The Labute approximate surface area is 212 Å². The number of anilines is 1. The zero-order chi connectivity index (χ0) is 25.2. The van der Waals surface area contributed by atoms with Crippen LogP contribution in [-0.4, -0.2) is 38.9 Å². The summed E-state index contributed by atoms with van der Waals surface area (Å²) in [7, 11) is 0. The molecule has 0 aliphatic carbocycles. The molecule has 184 valence electrons. The Balaban J connectivity index is 1.45. The Morgan fingerprint density at radius 1 is 1.00 bits per heavy atom. The normalized spacial score (nSPS) is 15.7. The van der Waals surface area contributed by atoms with E-state index in [1.165, 1.54) is 0 Å². The molecule has 0 N–H and O–H groups in total. The maximum atomic E-state index is 13.6. The molecule has 1 unspecified atom stereocenters. The standard InChI is InChI=1S/C30H32N4O2/c1-21(2)32(18-23-9-5-4-6-10-23)29(36)20-34-27-12-8-7-11-26(27)31-30(34)24-17-28(35)33(19-24)25-15-13-22(3)14-16-25/h4-16,21,24H,17-20H2,1-3H3. The molecule has 2 heterocycles. The quantitative estimate of drug-likeness (QED) is 0.361. The molecule has 0 bridgehead atoms. The molecule has 36 heavy (non-hydrogen) atoms. The summed E-state index contributed by atoms with van der Waals surface area (Å²) in [6.07, 6.45) is 0.378. The van der Waals surface area contributed by atoms with Crippen LogP contribution >= 0.6 is 0 Å². The van der Waals surface area contributed by atoms with Crippen molar-refractivity contribution in [1.29, 1.82) is 0 Å². The highest BCUT2D eigenvalue weighted by Gasteiger charge is 2.35. The van der Waals surface area contributed by atoms with Crippen molar-refractivity contribution in [3.8, 4) is 0 Å². The average molecular weight is 481 g/mol. The van der Waals surface area contributed by atoms with Crippen molar-refractivity contribution in [2.45, 2.75) is 52.2 Å². The first-order chi connectivity index (χ1) is 17.4. The molecule has 1 aliphatic heterocycles. The summed E-state index contributed by atoms with van der Waals surface area (Å²) < 4.78 is 2.02. The molecule has 3 aromatic carbocycles. The van der Waals surface area contributed by atoms with E-state index in [1.54, 1.807) is 0 Å². The number of imidazole rings is 1. The van der Waals surface area contributed by atoms with E-state index in [0.29, 0.717) is 19.5 Å².